The zero-order chi connectivity index (χ0) is 25.4. The Morgan fingerprint density at radius 1 is 0.853 bits per heavy atom. The number of rotatable bonds is 24. The fraction of sp³-hybridized carbons (Fsp3) is 0.852. The molecule has 1 unspecified atom stereocenters. The van der Waals surface area contributed by atoms with Crippen LogP contribution in [0.15, 0.2) is 11.8 Å². The van der Waals surface area contributed by atoms with Gasteiger partial charge in [0.05, 0.1) is 5.92 Å². The Morgan fingerprint density at radius 3 is 1.91 bits per heavy atom. The van der Waals surface area contributed by atoms with Gasteiger partial charge in [0.15, 0.2) is 0 Å². The van der Waals surface area contributed by atoms with Crippen LogP contribution in [0.25, 0.3) is 0 Å². The number of carbonyl (C=O) groups is 2. The standard InChI is InChI=1S/C27H54N4O3/c1-24(32)18-15-13-11-9-7-5-6-8-10-12-14-16-19-26(30-34)25(20-22-28-2)27(33)29-21-17-23-31(3)4/h19,25,28,30,34H,5-18,20-23H2,1-4H3,(H,29,33)/b26-19+. The molecule has 0 saturated carbocycles. The van der Waals surface area contributed by atoms with Crippen LogP contribution in [0.4, 0.5) is 0 Å². The smallest absolute Gasteiger partial charge is 0.229 e. The zero-order valence-corrected chi connectivity index (χ0v) is 22.6. The maximum absolute atomic E-state index is 12.7. The molecule has 0 spiro atoms. The molecule has 4 N–H and O–H groups in total. The van der Waals surface area contributed by atoms with Crippen molar-refractivity contribution in [3.63, 3.8) is 0 Å². The zero-order valence-electron chi connectivity index (χ0n) is 22.6. The van der Waals surface area contributed by atoms with E-state index in [9.17, 15) is 14.8 Å². The summed E-state index contributed by atoms with van der Waals surface area (Å²) >= 11 is 0. The normalized spacial score (nSPS) is 12.7. The fourth-order valence-electron chi connectivity index (χ4n) is 4.08. The van der Waals surface area contributed by atoms with Crippen molar-refractivity contribution in [1.82, 2.24) is 21.0 Å². The van der Waals surface area contributed by atoms with Crippen molar-refractivity contribution in [2.45, 2.75) is 103 Å². The van der Waals surface area contributed by atoms with Crippen LogP contribution in [-0.4, -0.2) is 62.6 Å². The van der Waals surface area contributed by atoms with Crippen LogP contribution >= 0.6 is 0 Å². The molecule has 0 fully saturated rings. The van der Waals surface area contributed by atoms with Gasteiger partial charge in [0.25, 0.3) is 0 Å². The molecule has 0 aliphatic rings. The number of hydroxylamine groups is 1. The SMILES string of the molecule is CNCCC(C(=O)NCCCN(C)C)/C(=C\CCCCCCCCCCCCCC(C)=O)NO. The van der Waals surface area contributed by atoms with E-state index in [1.54, 1.807) is 6.92 Å². The number of hydrogen-bond donors (Lipinski definition) is 4. The maximum Gasteiger partial charge on any atom is 0.229 e. The summed E-state index contributed by atoms with van der Waals surface area (Å²) in [6.45, 7) is 3.97. The molecule has 7 nitrogen and oxygen atoms in total. The van der Waals surface area contributed by atoms with E-state index >= 15 is 0 Å². The maximum atomic E-state index is 12.7. The van der Waals surface area contributed by atoms with E-state index in [0.717, 1.165) is 38.6 Å². The summed E-state index contributed by atoms with van der Waals surface area (Å²) in [5.74, 6) is -0.0791. The van der Waals surface area contributed by atoms with E-state index in [-0.39, 0.29) is 11.8 Å². The van der Waals surface area contributed by atoms with Crippen LogP contribution in [0, 0.1) is 5.92 Å². The van der Waals surface area contributed by atoms with Crippen LogP contribution in [0.5, 0.6) is 0 Å². The Labute approximate surface area is 209 Å². The van der Waals surface area contributed by atoms with E-state index in [2.05, 4.69) is 21.0 Å². The van der Waals surface area contributed by atoms with Crippen LogP contribution in [0.1, 0.15) is 103 Å². The van der Waals surface area contributed by atoms with Crippen LogP contribution in [-0.2, 0) is 9.59 Å². The van der Waals surface area contributed by atoms with Gasteiger partial charge in [-0.3, -0.25) is 15.5 Å². The minimum absolute atomic E-state index is 0.0272. The van der Waals surface area contributed by atoms with Crippen molar-refractivity contribution in [1.29, 1.82) is 0 Å². The summed E-state index contributed by atoms with van der Waals surface area (Å²) in [5, 5.41) is 15.8. The molecule has 0 saturated heterocycles. The fourth-order valence-corrected chi connectivity index (χ4v) is 4.08. The van der Waals surface area contributed by atoms with Crippen LogP contribution < -0.4 is 16.1 Å². The van der Waals surface area contributed by atoms with Gasteiger partial charge in [0.1, 0.15) is 5.78 Å². The summed E-state index contributed by atoms with van der Waals surface area (Å²) in [4.78, 5) is 25.7. The van der Waals surface area contributed by atoms with Crippen LogP contribution in [0.3, 0.4) is 0 Å². The third kappa shape index (κ3) is 20.0. The monoisotopic (exact) mass is 482 g/mol. The predicted molar refractivity (Wildman–Crippen MR) is 142 cm³/mol. The molecule has 0 aliphatic carbocycles. The van der Waals surface area contributed by atoms with E-state index in [4.69, 9.17) is 0 Å². The third-order valence-corrected chi connectivity index (χ3v) is 6.18. The number of Topliss-reactive ketones (excluding diaryl/α,β-unsaturated/α-hetero) is 1. The Hall–Kier alpha value is -1.44. The average Bonchev–Trinajstić information content (AvgIpc) is 2.80. The van der Waals surface area contributed by atoms with Crippen LogP contribution in [0.2, 0.25) is 0 Å². The second-order valence-corrected chi connectivity index (χ2v) is 9.79. The Morgan fingerprint density at radius 2 is 1.41 bits per heavy atom. The lowest BCUT2D eigenvalue weighted by Crippen LogP contribution is -2.37. The number of carbonyl (C=O) groups excluding carboxylic acids is 2. The highest BCUT2D eigenvalue weighted by Gasteiger charge is 2.22. The molecule has 200 valence electrons. The highest BCUT2D eigenvalue weighted by molar-refractivity contribution is 5.81. The number of allylic oxidation sites excluding steroid dienone is 1. The Bertz CT molecular complexity index is 538. The van der Waals surface area contributed by atoms with Gasteiger partial charge in [-0.2, -0.15) is 0 Å². The van der Waals surface area contributed by atoms with Gasteiger partial charge in [-0.1, -0.05) is 63.9 Å². The number of ketones is 1. The molecule has 7 heteroatoms. The lowest BCUT2D eigenvalue weighted by atomic mass is 9.98. The molecule has 0 aliphatic heterocycles. The molecular weight excluding hydrogens is 428 g/mol. The van der Waals surface area contributed by atoms with Crippen molar-refractivity contribution >= 4 is 11.7 Å². The predicted octanol–water partition coefficient (Wildman–Crippen LogP) is 4.80. The first-order chi connectivity index (χ1) is 16.4. The molecule has 0 aromatic rings. The van der Waals surface area contributed by atoms with Gasteiger partial charge in [0.2, 0.25) is 5.91 Å². The van der Waals surface area contributed by atoms with E-state index < -0.39 is 0 Å². The minimum atomic E-state index is -0.362. The largest absolute Gasteiger partial charge is 0.355 e. The number of unbranched alkanes of at least 4 members (excludes halogenated alkanes) is 11. The van der Waals surface area contributed by atoms with Crippen molar-refractivity contribution in [3.8, 4) is 0 Å². The number of nitrogens with one attached hydrogen (secondary N) is 3. The van der Waals surface area contributed by atoms with Gasteiger partial charge >= 0.3 is 0 Å². The highest BCUT2D eigenvalue weighted by atomic mass is 16.5. The number of amides is 1. The summed E-state index contributed by atoms with van der Waals surface area (Å²) in [7, 11) is 5.92. The first-order valence-electron chi connectivity index (χ1n) is 13.6. The molecule has 34 heavy (non-hydrogen) atoms. The molecule has 1 amide bonds. The van der Waals surface area contributed by atoms with Crippen molar-refractivity contribution in [2.75, 3.05) is 40.8 Å². The quantitative estimate of drug-likeness (QED) is 0.117. The van der Waals surface area contributed by atoms with E-state index in [1.165, 1.54) is 57.8 Å². The Balaban J connectivity index is 4.05. The average molecular weight is 483 g/mol. The summed E-state index contributed by atoms with van der Waals surface area (Å²) in [6, 6.07) is 0. The third-order valence-electron chi connectivity index (χ3n) is 6.18. The van der Waals surface area contributed by atoms with Crippen molar-refractivity contribution < 1.29 is 14.8 Å². The van der Waals surface area contributed by atoms with E-state index in [1.807, 2.05) is 27.2 Å². The van der Waals surface area contributed by atoms with Gasteiger partial charge in [0, 0.05) is 18.7 Å². The van der Waals surface area contributed by atoms with E-state index in [0.29, 0.717) is 31.0 Å². The van der Waals surface area contributed by atoms with Gasteiger partial charge in [-0.05, 0) is 73.3 Å². The summed E-state index contributed by atoms with van der Waals surface area (Å²) < 4.78 is 0. The van der Waals surface area contributed by atoms with Gasteiger partial charge in [-0.25, -0.2) is 0 Å². The second-order valence-electron chi connectivity index (χ2n) is 9.79. The van der Waals surface area contributed by atoms with Crippen molar-refractivity contribution in [2.24, 2.45) is 5.92 Å². The molecule has 0 aromatic heterocycles. The number of nitrogens with zero attached hydrogens (tertiary/aromatic N) is 1. The van der Waals surface area contributed by atoms with Gasteiger partial charge < -0.3 is 20.3 Å². The molecule has 0 radical (unpaired) electrons. The first-order valence-corrected chi connectivity index (χ1v) is 13.6. The topological polar surface area (TPSA) is 93.7 Å². The number of hydrogen-bond acceptors (Lipinski definition) is 6. The molecular formula is C27H54N4O3. The molecule has 1 atom stereocenters. The molecule has 0 bridgehead atoms. The summed E-state index contributed by atoms with van der Waals surface area (Å²) in [5.41, 5.74) is 2.91. The second kappa shape index (κ2) is 23.3. The molecule has 0 rings (SSSR count). The molecule has 0 heterocycles. The first kappa shape index (κ1) is 32.6. The lowest BCUT2D eigenvalue weighted by molar-refractivity contribution is -0.124. The van der Waals surface area contributed by atoms with Gasteiger partial charge in [-0.15, -0.1) is 0 Å². The lowest BCUT2D eigenvalue weighted by Gasteiger charge is -2.20. The summed E-state index contributed by atoms with van der Waals surface area (Å²) in [6.07, 6.45) is 18.6. The minimum Gasteiger partial charge on any atom is -0.355 e. The van der Waals surface area contributed by atoms with Crippen molar-refractivity contribution in [3.05, 3.63) is 11.8 Å². The Kier molecular flexibility index (Phi) is 22.3. The highest BCUT2D eigenvalue weighted by Crippen LogP contribution is 2.16. The molecule has 0 aromatic carbocycles.